The van der Waals surface area contributed by atoms with Gasteiger partial charge in [0.05, 0.1) is 18.8 Å². The first-order valence-corrected chi connectivity index (χ1v) is 10.9. The predicted octanol–water partition coefficient (Wildman–Crippen LogP) is 3.87. The zero-order valence-corrected chi connectivity index (χ0v) is 20.0. The molecule has 1 aromatic rings. The van der Waals surface area contributed by atoms with Crippen molar-refractivity contribution in [2.75, 3.05) is 33.3 Å². The first-order chi connectivity index (χ1) is 12.7. The van der Waals surface area contributed by atoms with Crippen molar-refractivity contribution in [1.82, 2.24) is 15.5 Å². The summed E-state index contributed by atoms with van der Waals surface area (Å²) in [5, 5.41) is 9.40. The number of hydrogen-bond acceptors (Lipinski definition) is 4. The molecule has 0 radical (unpaired) electrons. The van der Waals surface area contributed by atoms with Crippen molar-refractivity contribution in [3.8, 4) is 0 Å². The summed E-state index contributed by atoms with van der Waals surface area (Å²) < 4.78 is 5.74. The summed E-state index contributed by atoms with van der Waals surface area (Å²) in [6.07, 6.45) is 5.43. The average Bonchev–Trinajstić information content (AvgIpc) is 3.17. The fourth-order valence-electron chi connectivity index (χ4n) is 4.00. The molecule has 1 aromatic heterocycles. The van der Waals surface area contributed by atoms with Crippen LogP contribution in [0.4, 0.5) is 0 Å². The molecule has 2 fully saturated rings. The maximum atomic E-state index is 5.74. The highest BCUT2D eigenvalue weighted by atomic mass is 127. The molecular formula is C20H35IN4OS. The Morgan fingerprint density at radius 3 is 2.74 bits per heavy atom. The van der Waals surface area contributed by atoms with Gasteiger partial charge in [-0.3, -0.25) is 9.89 Å². The second-order valence-corrected chi connectivity index (χ2v) is 8.74. The highest BCUT2D eigenvalue weighted by Crippen LogP contribution is 2.27. The zero-order valence-electron chi connectivity index (χ0n) is 16.8. The molecule has 5 nitrogen and oxygen atoms in total. The van der Waals surface area contributed by atoms with Gasteiger partial charge in [-0.05, 0) is 50.0 Å². The molecule has 154 valence electrons. The second kappa shape index (κ2) is 11.6. The highest BCUT2D eigenvalue weighted by Gasteiger charge is 2.27. The average molecular weight is 506 g/mol. The van der Waals surface area contributed by atoms with Gasteiger partial charge < -0.3 is 15.4 Å². The number of ether oxygens (including phenoxy) is 1. The number of nitrogens with zero attached hydrogens (tertiary/aromatic N) is 2. The van der Waals surface area contributed by atoms with Crippen molar-refractivity contribution in [3.05, 3.63) is 22.4 Å². The summed E-state index contributed by atoms with van der Waals surface area (Å²) in [6.45, 7) is 8.18. The summed E-state index contributed by atoms with van der Waals surface area (Å²) in [4.78, 5) is 8.42. The van der Waals surface area contributed by atoms with Crippen LogP contribution in [0.5, 0.6) is 0 Å². The van der Waals surface area contributed by atoms with E-state index < -0.39 is 0 Å². The van der Waals surface area contributed by atoms with Crippen LogP contribution in [0.2, 0.25) is 0 Å². The fraction of sp³-hybridized carbons (Fsp3) is 0.750. The molecule has 3 rings (SSSR count). The van der Waals surface area contributed by atoms with E-state index in [1.54, 1.807) is 0 Å². The van der Waals surface area contributed by atoms with E-state index in [-0.39, 0.29) is 24.0 Å². The van der Waals surface area contributed by atoms with Gasteiger partial charge in [-0.1, -0.05) is 13.0 Å². The largest absolute Gasteiger partial charge is 0.376 e. The molecule has 2 heterocycles. The summed E-state index contributed by atoms with van der Waals surface area (Å²) in [5.74, 6) is 1.81. The quantitative estimate of drug-likeness (QED) is 0.362. The van der Waals surface area contributed by atoms with E-state index in [9.17, 15) is 0 Å². The Morgan fingerprint density at radius 1 is 1.33 bits per heavy atom. The molecule has 2 unspecified atom stereocenters. The van der Waals surface area contributed by atoms with Crippen LogP contribution in [0.1, 0.15) is 50.4 Å². The maximum absolute atomic E-state index is 5.74. The maximum Gasteiger partial charge on any atom is 0.191 e. The summed E-state index contributed by atoms with van der Waals surface area (Å²) in [6, 6.07) is 5.32. The van der Waals surface area contributed by atoms with Crippen molar-refractivity contribution >= 4 is 41.3 Å². The molecule has 1 saturated carbocycles. The number of morpholine rings is 1. The van der Waals surface area contributed by atoms with Crippen molar-refractivity contribution in [2.45, 2.75) is 57.7 Å². The number of aliphatic imine (C=N–C) groups is 1. The van der Waals surface area contributed by atoms with E-state index in [0.29, 0.717) is 18.2 Å². The fourth-order valence-corrected chi connectivity index (χ4v) is 4.87. The third-order valence-corrected chi connectivity index (χ3v) is 6.60. The van der Waals surface area contributed by atoms with Gasteiger partial charge in [0.1, 0.15) is 0 Å². The number of guanidine groups is 1. The van der Waals surface area contributed by atoms with Crippen LogP contribution in [-0.2, 0) is 4.74 Å². The Hall–Kier alpha value is -0.380. The van der Waals surface area contributed by atoms with Crippen LogP contribution in [0.15, 0.2) is 22.5 Å². The second-order valence-electron chi connectivity index (χ2n) is 7.76. The lowest BCUT2D eigenvalue weighted by Gasteiger charge is -2.37. The van der Waals surface area contributed by atoms with Crippen molar-refractivity contribution in [2.24, 2.45) is 10.9 Å². The van der Waals surface area contributed by atoms with E-state index in [0.717, 1.165) is 38.1 Å². The Kier molecular flexibility index (Phi) is 9.82. The van der Waals surface area contributed by atoms with Gasteiger partial charge in [0.25, 0.3) is 0 Å². The van der Waals surface area contributed by atoms with Gasteiger partial charge in [-0.15, -0.1) is 35.3 Å². The van der Waals surface area contributed by atoms with Gasteiger partial charge in [0.2, 0.25) is 0 Å². The van der Waals surface area contributed by atoms with Crippen molar-refractivity contribution in [3.63, 3.8) is 0 Å². The van der Waals surface area contributed by atoms with Crippen LogP contribution in [0.3, 0.4) is 0 Å². The lowest BCUT2D eigenvalue weighted by Crippen LogP contribution is -2.49. The van der Waals surface area contributed by atoms with Crippen molar-refractivity contribution in [1.29, 1.82) is 0 Å². The molecule has 0 amide bonds. The molecule has 7 heteroatoms. The van der Waals surface area contributed by atoms with E-state index in [1.807, 2.05) is 18.4 Å². The molecule has 27 heavy (non-hydrogen) atoms. The zero-order chi connectivity index (χ0) is 18.4. The van der Waals surface area contributed by atoms with Crippen LogP contribution < -0.4 is 10.6 Å². The van der Waals surface area contributed by atoms with E-state index >= 15 is 0 Å². The van der Waals surface area contributed by atoms with Crippen LogP contribution in [0, 0.1) is 5.92 Å². The Bertz CT molecular complexity index is 560. The number of thiophene rings is 1. The number of rotatable bonds is 5. The number of halogens is 1. The third kappa shape index (κ3) is 6.87. The molecule has 2 N–H and O–H groups in total. The first-order valence-electron chi connectivity index (χ1n) is 10.0. The third-order valence-electron chi connectivity index (χ3n) is 5.63. The van der Waals surface area contributed by atoms with Gasteiger partial charge in [0, 0.05) is 37.6 Å². The standard InChI is InChI=1S/C20H34N4OS.HI/c1-15-6-8-17(9-7-15)23-20(21-3)22-13-18(19-5-4-12-26-19)24-10-11-25-16(2)14-24;/h4-5,12,15-18H,6-11,13-14H2,1-3H3,(H2,21,22,23);1H. The molecule has 2 atom stereocenters. The minimum absolute atomic E-state index is 0. The molecular weight excluding hydrogens is 471 g/mol. The Morgan fingerprint density at radius 2 is 2.11 bits per heavy atom. The molecule has 2 aliphatic rings. The van der Waals surface area contributed by atoms with Gasteiger partial charge in [-0.2, -0.15) is 0 Å². The number of hydrogen-bond donors (Lipinski definition) is 2. The number of nitrogens with one attached hydrogen (secondary N) is 2. The van der Waals surface area contributed by atoms with Crippen LogP contribution in [0.25, 0.3) is 0 Å². The Labute approximate surface area is 185 Å². The predicted molar refractivity (Wildman–Crippen MR) is 125 cm³/mol. The van der Waals surface area contributed by atoms with Crippen LogP contribution >= 0.6 is 35.3 Å². The monoisotopic (exact) mass is 506 g/mol. The lowest BCUT2D eigenvalue weighted by molar-refractivity contribution is -0.0334. The molecule has 1 saturated heterocycles. The summed E-state index contributed by atoms with van der Waals surface area (Å²) in [5.41, 5.74) is 0. The summed E-state index contributed by atoms with van der Waals surface area (Å²) in [7, 11) is 1.87. The van der Waals surface area contributed by atoms with E-state index in [2.05, 4.69) is 51.9 Å². The first kappa shape index (κ1) is 22.9. The van der Waals surface area contributed by atoms with E-state index in [4.69, 9.17) is 4.74 Å². The minimum atomic E-state index is 0. The SMILES string of the molecule is CN=C(NCC(c1cccs1)N1CCOC(C)C1)NC1CCC(C)CC1.I. The normalized spacial score (nSPS) is 28.3. The molecule has 0 spiro atoms. The van der Waals surface area contributed by atoms with Crippen molar-refractivity contribution < 1.29 is 4.74 Å². The van der Waals surface area contributed by atoms with Gasteiger partial charge in [0.15, 0.2) is 5.96 Å². The van der Waals surface area contributed by atoms with E-state index in [1.165, 1.54) is 30.6 Å². The lowest BCUT2D eigenvalue weighted by atomic mass is 9.87. The summed E-state index contributed by atoms with van der Waals surface area (Å²) >= 11 is 1.84. The molecule has 1 aliphatic carbocycles. The topological polar surface area (TPSA) is 48.9 Å². The molecule has 0 bridgehead atoms. The smallest absolute Gasteiger partial charge is 0.191 e. The molecule has 1 aliphatic heterocycles. The Balaban J connectivity index is 0.00000261. The van der Waals surface area contributed by atoms with Gasteiger partial charge in [-0.25, -0.2) is 0 Å². The van der Waals surface area contributed by atoms with Crippen LogP contribution in [-0.4, -0.2) is 56.3 Å². The molecule has 0 aromatic carbocycles. The minimum Gasteiger partial charge on any atom is -0.376 e. The van der Waals surface area contributed by atoms with Gasteiger partial charge >= 0.3 is 0 Å². The highest BCUT2D eigenvalue weighted by molar-refractivity contribution is 14.0.